The van der Waals surface area contributed by atoms with E-state index in [4.69, 9.17) is 0 Å². The molecule has 2 saturated carbocycles. The number of aryl methyl sites for hydroxylation is 1. The van der Waals surface area contributed by atoms with Gasteiger partial charge in [0.05, 0.1) is 6.10 Å². The summed E-state index contributed by atoms with van der Waals surface area (Å²) in [7, 11) is 0. The number of fused-ring (bicyclic) bond motifs is 1. The van der Waals surface area contributed by atoms with Crippen LogP contribution in [0.4, 0.5) is 0 Å². The fraction of sp³-hybridized carbons (Fsp3) is 0.500. The van der Waals surface area contributed by atoms with Gasteiger partial charge in [-0.25, -0.2) is 0 Å². The number of rotatable bonds is 4. The third-order valence-electron chi connectivity index (χ3n) is 8.20. The van der Waals surface area contributed by atoms with Crippen LogP contribution in [0.1, 0.15) is 56.1 Å². The van der Waals surface area contributed by atoms with Crippen LogP contribution in [0, 0.1) is 18.8 Å². The minimum Gasteiger partial charge on any atom is -0.393 e. The standard InChI is InChI=1S/C26H30N2O2S/c1-14-5-6-21-25(24(14)22-4-3-7-31-22)20(13-27-21)15(2)8-23(29)28-18-9-16-10-19(28)12-17(11-18)26(16)30/h3-7,13,15-19,26-27,30H,8-12H2,1-2H3. The van der Waals surface area contributed by atoms with Crippen molar-refractivity contribution >= 4 is 28.1 Å². The van der Waals surface area contributed by atoms with Crippen molar-refractivity contribution < 1.29 is 9.90 Å². The lowest BCUT2D eigenvalue weighted by molar-refractivity contribution is -0.163. The first-order valence-corrected chi connectivity index (χ1v) is 12.5. The van der Waals surface area contributed by atoms with Crippen molar-refractivity contribution in [3.05, 3.63) is 47.0 Å². The molecule has 3 aromatic rings. The second kappa shape index (κ2) is 7.21. The second-order valence-electron chi connectivity index (χ2n) is 10.1. The van der Waals surface area contributed by atoms with Gasteiger partial charge in [-0.2, -0.15) is 0 Å². The van der Waals surface area contributed by atoms with E-state index in [9.17, 15) is 9.90 Å². The number of aromatic nitrogens is 1. The van der Waals surface area contributed by atoms with Crippen LogP contribution in [-0.2, 0) is 4.79 Å². The zero-order valence-corrected chi connectivity index (χ0v) is 19.0. The van der Waals surface area contributed by atoms with Gasteiger partial charge in [0, 0.05) is 46.0 Å². The van der Waals surface area contributed by atoms with Crippen LogP contribution in [0.5, 0.6) is 0 Å². The highest BCUT2D eigenvalue weighted by Crippen LogP contribution is 2.50. The molecule has 162 valence electrons. The molecule has 4 heterocycles. The minimum absolute atomic E-state index is 0.131. The molecule has 2 saturated heterocycles. The summed E-state index contributed by atoms with van der Waals surface area (Å²) >= 11 is 1.77. The van der Waals surface area contributed by atoms with Crippen LogP contribution in [-0.4, -0.2) is 39.1 Å². The van der Waals surface area contributed by atoms with Crippen LogP contribution >= 0.6 is 11.3 Å². The molecule has 1 unspecified atom stereocenters. The largest absolute Gasteiger partial charge is 0.393 e. The number of aliphatic hydroxyl groups excluding tert-OH is 1. The number of nitrogens with one attached hydrogen (secondary N) is 1. The Morgan fingerprint density at radius 3 is 2.55 bits per heavy atom. The Morgan fingerprint density at radius 2 is 1.90 bits per heavy atom. The topological polar surface area (TPSA) is 56.3 Å². The van der Waals surface area contributed by atoms with E-state index in [0.717, 1.165) is 31.2 Å². The van der Waals surface area contributed by atoms with Gasteiger partial charge in [-0.1, -0.05) is 19.1 Å². The van der Waals surface area contributed by atoms with E-state index in [2.05, 4.69) is 59.6 Å². The number of carbonyl (C=O) groups excluding carboxylic acids is 1. The number of nitrogens with zero attached hydrogens (tertiary/aromatic N) is 1. The van der Waals surface area contributed by atoms with Crippen molar-refractivity contribution in [1.29, 1.82) is 0 Å². The maximum atomic E-state index is 13.5. The number of H-pyrrole nitrogens is 1. The molecule has 5 heteroatoms. The summed E-state index contributed by atoms with van der Waals surface area (Å²) in [4.78, 5) is 20.5. The van der Waals surface area contributed by atoms with E-state index in [1.807, 2.05) is 0 Å². The van der Waals surface area contributed by atoms with Gasteiger partial charge in [-0.15, -0.1) is 11.3 Å². The molecule has 31 heavy (non-hydrogen) atoms. The highest BCUT2D eigenvalue weighted by Gasteiger charge is 2.52. The summed E-state index contributed by atoms with van der Waals surface area (Å²) in [5.41, 5.74) is 4.97. The number of piperidine rings is 2. The Balaban J connectivity index is 1.29. The van der Waals surface area contributed by atoms with E-state index in [1.54, 1.807) is 11.3 Å². The Labute approximate surface area is 187 Å². The average molecular weight is 435 g/mol. The molecular weight excluding hydrogens is 404 g/mol. The summed E-state index contributed by atoms with van der Waals surface area (Å²) in [6, 6.07) is 9.33. The first-order chi connectivity index (χ1) is 15.0. The first-order valence-electron chi connectivity index (χ1n) is 11.6. The summed E-state index contributed by atoms with van der Waals surface area (Å²) in [5, 5.41) is 13.8. The summed E-state index contributed by atoms with van der Waals surface area (Å²) in [6.45, 7) is 4.37. The monoisotopic (exact) mass is 434 g/mol. The molecule has 1 atom stereocenters. The van der Waals surface area contributed by atoms with Crippen LogP contribution in [0.15, 0.2) is 35.8 Å². The number of hydrogen-bond donors (Lipinski definition) is 2. The molecule has 7 rings (SSSR count). The Morgan fingerprint density at radius 1 is 1.19 bits per heavy atom. The van der Waals surface area contributed by atoms with E-state index < -0.39 is 0 Å². The van der Waals surface area contributed by atoms with Crippen molar-refractivity contribution in [2.24, 2.45) is 11.8 Å². The summed E-state index contributed by atoms with van der Waals surface area (Å²) < 4.78 is 0. The smallest absolute Gasteiger partial charge is 0.223 e. The van der Waals surface area contributed by atoms with E-state index in [1.165, 1.54) is 27.0 Å². The molecule has 0 spiro atoms. The van der Waals surface area contributed by atoms with Crippen molar-refractivity contribution in [2.45, 2.75) is 70.1 Å². The van der Waals surface area contributed by atoms with Gasteiger partial charge in [0.15, 0.2) is 0 Å². The molecule has 1 aromatic carbocycles. The normalized spacial score (nSPS) is 30.3. The van der Waals surface area contributed by atoms with Gasteiger partial charge in [0.1, 0.15) is 0 Å². The third kappa shape index (κ3) is 3.00. The van der Waals surface area contributed by atoms with Crippen molar-refractivity contribution in [2.75, 3.05) is 0 Å². The minimum atomic E-state index is -0.131. The van der Waals surface area contributed by atoms with Crippen LogP contribution < -0.4 is 0 Å². The van der Waals surface area contributed by atoms with E-state index in [0.29, 0.717) is 36.2 Å². The summed E-state index contributed by atoms with van der Waals surface area (Å²) in [6.07, 6.45) is 6.49. The van der Waals surface area contributed by atoms with E-state index >= 15 is 0 Å². The fourth-order valence-electron chi connectivity index (χ4n) is 6.84. The van der Waals surface area contributed by atoms with Crippen LogP contribution in [0.3, 0.4) is 0 Å². The number of aliphatic hydroxyl groups is 1. The fourth-order valence-corrected chi connectivity index (χ4v) is 7.69. The van der Waals surface area contributed by atoms with Crippen molar-refractivity contribution in [3.63, 3.8) is 0 Å². The van der Waals surface area contributed by atoms with Gasteiger partial charge in [0.25, 0.3) is 0 Å². The number of hydrogen-bond acceptors (Lipinski definition) is 3. The molecule has 2 aliphatic heterocycles. The lowest BCUT2D eigenvalue weighted by atomic mass is 9.62. The number of aromatic amines is 1. The van der Waals surface area contributed by atoms with Gasteiger partial charge >= 0.3 is 0 Å². The molecular formula is C26H30N2O2S. The molecule has 2 aromatic heterocycles. The number of benzene rings is 1. The maximum Gasteiger partial charge on any atom is 0.223 e. The molecule has 4 aliphatic rings. The molecule has 2 aliphatic carbocycles. The Bertz CT molecular complexity index is 1100. The quantitative estimate of drug-likeness (QED) is 0.573. The predicted octanol–water partition coefficient (Wildman–Crippen LogP) is 5.46. The van der Waals surface area contributed by atoms with Crippen LogP contribution in [0.25, 0.3) is 21.3 Å². The van der Waals surface area contributed by atoms with Gasteiger partial charge in [-0.05, 0) is 79.0 Å². The molecule has 4 bridgehead atoms. The second-order valence-corrected chi connectivity index (χ2v) is 11.0. The van der Waals surface area contributed by atoms with E-state index in [-0.39, 0.29) is 12.0 Å². The number of amides is 1. The predicted molar refractivity (Wildman–Crippen MR) is 125 cm³/mol. The Kier molecular flexibility index (Phi) is 4.55. The lowest BCUT2D eigenvalue weighted by Crippen LogP contribution is -2.64. The molecule has 4 fully saturated rings. The maximum absolute atomic E-state index is 13.5. The molecule has 4 nitrogen and oxygen atoms in total. The van der Waals surface area contributed by atoms with Gasteiger partial charge in [0.2, 0.25) is 5.91 Å². The van der Waals surface area contributed by atoms with Crippen LogP contribution in [0.2, 0.25) is 0 Å². The zero-order chi connectivity index (χ0) is 21.3. The van der Waals surface area contributed by atoms with Gasteiger partial charge in [-0.3, -0.25) is 4.79 Å². The van der Waals surface area contributed by atoms with Gasteiger partial charge < -0.3 is 15.0 Å². The summed E-state index contributed by atoms with van der Waals surface area (Å²) in [5.74, 6) is 1.28. The number of thiophene rings is 1. The zero-order valence-electron chi connectivity index (χ0n) is 18.2. The van der Waals surface area contributed by atoms with Crippen molar-refractivity contribution in [1.82, 2.24) is 9.88 Å². The molecule has 2 N–H and O–H groups in total. The van der Waals surface area contributed by atoms with Crippen molar-refractivity contribution in [3.8, 4) is 10.4 Å². The highest BCUT2D eigenvalue weighted by molar-refractivity contribution is 7.13. The third-order valence-corrected chi connectivity index (χ3v) is 9.09. The SMILES string of the molecule is Cc1ccc2[nH]cc(C(C)CC(=O)N3C4CC5CC3CC(C4)C5O)c2c1-c1cccs1. The Hall–Kier alpha value is -2.11. The molecule has 0 radical (unpaired) electrons. The average Bonchev–Trinajstić information content (AvgIpc) is 3.40. The highest BCUT2D eigenvalue weighted by atomic mass is 32.1. The number of carbonyl (C=O) groups is 1. The first kappa shape index (κ1) is 19.6. The lowest BCUT2D eigenvalue weighted by Gasteiger charge is -2.58. The molecule has 1 amide bonds.